The fraction of sp³-hybridized carbons (Fsp3) is 0.125. The molecule has 0 radical (unpaired) electrons. The number of para-hydroxylation sites is 1. The first kappa shape index (κ1) is 23.9. The van der Waals surface area contributed by atoms with Gasteiger partial charge in [-0.1, -0.05) is 26.0 Å². The highest BCUT2D eigenvalue weighted by Gasteiger charge is 2.15. The van der Waals surface area contributed by atoms with E-state index >= 15 is 0 Å². The molecule has 0 saturated heterocycles. The van der Waals surface area contributed by atoms with E-state index in [1.165, 1.54) is 6.20 Å². The summed E-state index contributed by atoms with van der Waals surface area (Å²) in [5.74, 6) is -0.456. The van der Waals surface area contributed by atoms with Crippen LogP contribution in [0.5, 0.6) is 0 Å². The summed E-state index contributed by atoms with van der Waals surface area (Å²) in [5.41, 5.74) is 8.83. The van der Waals surface area contributed by atoms with E-state index in [1.807, 2.05) is 19.9 Å². The number of carbonyl (C=O) groups is 2. The molecule has 174 valence electrons. The lowest BCUT2D eigenvalue weighted by molar-refractivity contribution is 0.0951. The third-order valence-corrected chi connectivity index (χ3v) is 4.52. The third kappa shape index (κ3) is 5.94. The minimum absolute atomic E-state index is 0.0346. The first-order valence-electron chi connectivity index (χ1n) is 10.7. The number of anilines is 3. The number of nitrogens with one attached hydrogen (secondary N) is 4. The number of nitrogens with two attached hydrogens (primary N) is 1. The molecular weight excluding hydrogens is 432 g/mol. The highest BCUT2D eigenvalue weighted by Crippen LogP contribution is 2.24. The predicted octanol–water partition coefficient (Wildman–Crippen LogP) is 3.53. The van der Waals surface area contributed by atoms with Crippen LogP contribution in [0.2, 0.25) is 0 Å². The summed E-state index contributed by atoms with van der Waals surface area (Å²) in [7, 11) is 0. The topological polar surface area (TPSA) is 151 Å². The summed E-state index contributed by atoms with van der Waals surface area (Å²) in [4.78, 5) is 40.4. The van der Waals surface area contributed by atoms with Crippen LogP contribution in [0.3, 0.4) is 0 Å². The van der Waals surface area contributed by atoms with Gasteiger partial charge in [-0.25, -0.2) is 9.97 Å². The maximum Gasteiger partial charge on any atom is 0.271 e. The highest BCUT2D eigenvalue weighted by atomic mass is 16.2. The van der Waals surface area contributed by atoms with Crippen molar-refractivity contribution in [1.29, 1.82) is 0 Å². The Hall–Kier alpha value is -4.73. The molecule has 0 unspecified atom stereocenters. The van der Waals surface area contributed by atoms with E-state index in [1.54, 1.807) is 61.1 Å². The van der Waals surface area contributed by atoms with Crippen LogP contribution in [0.1, 0.15) is 34.7 Å². The van der Waals surface area contributed by atoms with E-state index in [-0.39, 0.29) is 18.3 Å². The molecule has 0 aliphatic carbocycles. The molecule has 1 aromatic carbocycles. The number of nitrogens with zero attached hydrogens (tertiary/aromatic N) is 3. The number of pyridine rings is 2. The Kier molecular flexibility index (Phi) is 8.28. The lowest BCUT2D eigenvalue weighted by Crippen LogP contribution is -2.30. The lowest BCUT2D eigenvalue weighted by atomic mass is 10.1. The van der Waals surface area contributed by atoms with Crippen molar-refractivity contribution in [3.05, 3.63) is 84.6 Å². The van der Waals surface area contributed by atoms with E-state index in [2.05, 4.69) is 35.9 Å². The van der Waals surface area contributed by atoms with E-state index in [9.17, 15) is 9.59 Å². The number of rotatable bonds is 7. The zero-order valence-electron chi connectivity index (χ0n) is 18.9. The summed E-state index contributed by atoms with van der Waals surface area (Å²) < 4.78 is 0. The Morgan fingerprint density at radius 3 is 2.56 bits per heavy atom. The van der Waals surface area contributed by atoms with E-state index in [4.69, 9.17) is 5.73 Å². The zero-order valence-corrected chi connectivity index (χ0v) is 18.9. The highest BCUT2D eigenvalue weighted by molar-refractivity contribution is 6.09. The van der Waals surface area contributed by atoms with Gasteiger partial charge in [-0.3, -0.25) is 19.9 Å². The smallest absolute Gasteiger partial charge is 0.271 e. The number of nitrogen functional groups attached to an aromatic ring is 1. The molecule has 3 heterocycles. The first-order chi connectivity index (χ1) is 16.6. The number of carbonyl (C=O) groups excluding carboxylic acids is 2. The molecule has 0 aliphatic heterocycles. The van der Waals surface area contributed by atoms with E-state index < -0.39 is 5.91 Å². The van der Waals surface area contributed by atoms with Crippen LogP contribution in [0.25, 0.3) is 11.3 Å². The minimum Gasteiger partial charge on any atom is -0.397 e. The quantitative estimate of drug-likeness (QED) is 0.210. The molecule has 0 aliphatic rings. The first-order valence-corrected chi connectivity index (χ1v) is 10.7. The molecule has 0 fully saturated rings. The van der Waals surface area contributed by atoms with Gasteiger partial charge >= 0.3 is 0 Å². The largest absolute Gasteiger partial charge is 0.397 e. The third-order valence-electron chi connectivity index (χ3n) is 4.52. The van der Waals surface area contributed by atoms with Gasteiger partial charge in [-0.15, -0.1) is 0 Å². The fourth-order valence-corrected chi connectivity index (χ4v) is 3.00. The summed E-state index contributed by atoms with van der Waals surface area (Å²) in [6, 6.07) is 13.8. The second kappa shape index (κ2) is 11.8. The summed E-state index contributed by atoms with van der Waals surface area (Å²) in [5, 5.41) is 8.38. The number of benzene rings is 1. The molecular formula is C24H26N8O2. The summed E-state index contributed by atoms with van der Waals surface area (Å²) >= 11 is 0. The van der Waals surface area contributed by atoms with Crippen LogP contribution in [0.4, 0.5) is 17.3 Å². The van der Waals surface area contributed by atoms with Gasteiger partial charge in [0.2, 0.25) is 5.95 Å². The summed E-state index contributed by atoms with van der Waals surface area (Å²) in [6.45, 7) is 4.03. The van der Waals surface area contributed by atoms with E-state index in [0.717, 1.165) is 5.56 Å². The van der Waals surface area contributed by atoms with Gasteiger partial charge in [-0.05, 0) is 36.4 Å². The Labute approximate surface area is 197 Å². The van der Waals surface area contributed by atoms with Gasteiger partial charge in [0.25, 0.3) is 11.8 Å². The van der Waals surface area contributed by atoms with Crippen LogP contribution in [-0.4, -0.2) is 38.4 Å². The van der Waals surface area contributed by atoms with Gasteiger partial charge in [0, 0.05) is 30.4 Å². The summed E-state index contributed by atoms with van der Waals surface area (Å²) in [6.07, 6.45) is 6.48. The van der Waals surface area contributed by atoms with Crippen molar-refractivity contribution in [2.24, 2.45) is 0 Å². The van der Waals surface area contributed by atoms with Crippen LogP contribution in [-0.2, 0) is 0 Å². The maximum absolute atomic E-state index is 12.6. The molecule has 4 rings (SSSR count). The standard InChI is InChI=1S/C22H20N8O2.C2H6/c23-16-6-1-5-15(20(31)30-22-25-10-11-26-22)19(16)27-13-28-21(32)18-8-2-7-17(29-18)14-4-3-9-24-12-14;1-2/h1-12,27H,13,23H2,(H,28,32)(H2,25,26,30,31);1-2H3. The second-order valence-electron chi connectivity index (χ2n) is 6.67. The molecule has 0 saturated carbocycles. The lowest BCUT2D eigenvalue weighted by Gasteiger charge is -2.14. The van der Waals surface area contributed by atoms with Crippen molar-refractivity contribution in [2.75, 3.05) is 23.0 Å². The van der Waals surface area contributed by atoms with Gasteiger partial charge in [-0.2, -0.15) is 0 Å². The van der Waals surface area contributed by atoms with Gasteiger partial charge in [0.1, 0.15) is 5.69 Å². The molecule has 0 atom stereocenters. The Morgan fingerprint density at radius 2 is 1.82 bits per heavy atom. The normalized spacial score (nSPS) is 9.94. The predicted molar refractivity (Wildman–Crippen MR) is 132 cm³/mol. The van der Waals surface area contributed by atoms with Crippen molar-refractivity contribution in [3.63, 3.8) is 0 Å². The van der Waals surface area contributed by atoms with Crippen molar-refractivity contribution in [2.45, 2.75) is 13.8 Å². The van der Waals surface area contributed by atoms with E-state index in [0.29, 0.717) is 28.6 Å². The fourth-order valence-electron chi connectivity index (χ4n) is 3.00. The Balaban J connectivity index is 0.00000158. The molecule has 4 aromatic rings. The minimum atomic E-state index is -0.396. The average molecular weight is 459 g/mol. The maximum atomic E-state index is 12.6. The number of H-pyrrole nitrogens is 1. The zero-order chi connectivity index (χ0) is 24.3. The van der Waals surface area contributed by atoms with Crippen LogP contribution >= 0.6 is 0 Å². The molecule has 2 amide bonds. The second-order valence-corrected chi connectivity index (χ2v) is 6.67. The molecule has 0 bridgehead atoms. The number of hydrogen-bond acceptors (Lipinski definition) is 7. The van der Waals surface area contributed by atoms with Gasteiger partial charge in [0.15, 0.2) is 0 Å². The van der Waals surface area contributed by atoms with Crippen molar-refractivity contribution < 1.29 is 9.59 Å². The van der Waals surface area contributed by atoms with Gasteiger partial charge in [0.05, 0.1) is 29.3 Å². The molecule has 3 aromatic heterocycles. The molecule has 34 heavy (non-hydrogen) atoms. The number of aromatic amines is 1. The number of amides is 2. The van der Waals surface area contributed by atoms with Crippen LogP contribution in [0, 0.1) is 0 Å². The van der Waals surface area contributed by atoms with Crippen LogP contribution in [0.15, 0.2) is 73.3 Å². The number of hydrogen-bond donors (Lipinski definition) is 5. The average Bonchev–Trinajstić information content (AvgIpc) is 3.39. The van der Waals surface area contributed by atoms with Crippen LogP contribution < -0.4 is 21.7 Å². The molecule has 10 heteroatoms. The number of imidazole rings is 1. The SMILES string of the molecule is CC.Nc1cccc(C(=O)Nc2ncc[nH]2)c1NCNC(=O)c1cccc(-c2cccnc2)n1. The molecule has 6 N–H and O–H groups in total. The van der Waals surface area contributed by atoms with Gasteiger partial charge < -0.3 is 21.4 Å². The monoisotopic (exact) mass is 458 g/mol. The molecule has 10 nitrogen and oxygen atoms in total. The van der Waals surface area contributed by atoms with Crippen molar-refractivity contribution >= 4 is 29.1 Å². The van der Waals surface area contributed by atoms with Crippen molar-refractivity contribution in [1.82, 2.24) is 25.3 Å². The Morgan fingerprint density at radius 1 is 1.00 bits per heavy atom. The Bertz CT molecular complexity index is 1230. The molecule has 0 spiro atoms. The number of aromatic nitrogens is 4. The van der Waals surface area contributed by atoms with Crippen molar-refractivity contribution in [3.8, 4) is 11.3 Å².